The molecule has 0 aromatic heterocycles. The van der Waals surface area contributed by atoms with E-state index in [0.717, 1.165) is 25.1 Å². The molecule has 2 rings (SSSR count). The Hall–Kier alpha value is -1.29. The highest BCUT2D eigenvalue weighted by molar-refractivity contribution is 7.79. The van der Waals surface area contributed by atoms with Crippen LogP contribution in [0.2, 0.25) is 0 Å². The lowest BCUT2D eigenvalue weighted by Crippen LogP contribution is -2.37. The summed E-state index contributed by atoms with van der Waals surface area (Å²) in [6.45, 7) is 3.81. The van der Waals surface area contributed by atoms with Crippen LogP contribution in [0.5, 0.6) is 0 Å². The topological polar surface area (TPSA) is 37.4 Å². The fourth-order valence-electron chi connectivity index (χ4n) is 2.15. The van der Waals surface area contributed by atoms with Crippen LogP contribution >= 0.6 is 12.6 Å². The first-order valence-electron chi connectivity index (χ1n) is 6.48. The van der Waals surface area contributed by atoms with Gasteiger partial charge in [-0.1, -0.05) is 30.3 Å². The predicted octanol–water partition coefficient (Wildman–Crippen LogP) is 2.70. The van der Waals surface area contributed by atoms with Gasteiger partial charge in [0.05, 0.1) is 6.04 Å². The maximum absolute atomic E-state index is 11.0. The molecule has 1 aliphatic rings. The zero-order valence-corrected chi connectivity index (χ0v) is 12.4. The summed E-state index contributed by atoms with van der Waals surface area (Å²) in [5, 5.41) is 0. The summed E-state index contributed by atoms with van der Waals surface area (Å²) in [5.74, 6) is 0.960. The van der Waals surface area contributed by atoms with E-state index in [9.17, 15) is 9.59 Å². The maximum atomic E-state index is 11.0. The molecule has 104 valence electrons. The van der Waals surface area contributed by atoms with Crippen LogP contribution in [-0.2, 0) is 15.3 Å². The zero-order valence-electron chi connectivity index (χ0n) is 11.5. The molecule has 1 aliphatic heterocycles. The van der Waals surface area contributed by atoms with E-state index >= 15 is 0 Å². The van der Waals surface area contributed by atoms with Gasteiger partial charge in [0.2, 0.25) is 5.91 Å². The lowest BCUT2D eigenvalue weighted by molar-refractivity contribution is -0.135. The highest BCUT2D eigenvalue weighted by atomic mass is 32.1. The summed E-state index contributed by atoms with van der Waals surface area (Å²) >= 11 is 4.11. The van der Waals surface area contributed by atoms with Crippen LogP contribution in [0, 0.1) is 0 Å². The van der Waals surface area contributed by atoms with Crippen LogP contribution in [0.15, 0.2) is 30.3 Å². The molecule has 0 N–H and O–H groups in total. The SMILES string of the molecule is CC(=O)C1CCCN1C(C)=O.SCc1ccccc1. The molecular weight excluding hydrogens is 258 g/mol. The summed E-state index contributed by atoms with van der Waals surface area (Å²) in [6.07, 6.45) is 1.80. The van der Waals surface area contributed by atoms with Crippen LogP contribution in [0.4, 0.5) is 0 Å². The second kappa shape index (κ2) is 8.00. The lowest BCUT2D eigenvalue weighted by atomic mass is 10.1. The van der Waals surface area contributed by atoms with Gasteiger partial charge in [0.25, 0.3) is 0 Å². The van der Waals surface area contributed by atoms with Crippen molar-refractivity contribution < 1.29 is 9.59 Å². The van der Waals surface area contributed by atoms with E-state index in [0.29, 0.717) is 0 Å². The van der Waals surface area contributed by atoms with E-state index in [1.165, 1.54) is 12.5 Å². The van der Waals surface area contributed by atoms with Crippen molar-refractivity contribution >= 4 is 24.3 Å². The van der Waals surface area contributed by atoms with Crippen molar-refractivity contribution in [3.05, 3.63) is 35.9 Å². The molecule has 19 heavy (non-hydrogen) atoms. The third kappa shape index (κ3) is 5.07. The number of thiol groups is 1. The molecule has 1 amide bonds. The minimum atomic E-state index is -0.132. The predicted molar refractivity (Wildman–Crippen MR) is 80.2 cm³/mol. The first-order chi connectivity index (χ1) is 9.06. The smallest absolute Gasteiger partial charge is 0.220 e. The highest BCUT2D eigenvalue weighted by Crippen LogP contribution is 2.17. The number of carbonyl (C=O) groups is 2. The molecule has 1 aromatic rings. The number of rotatable bonds is 2. The van der Waals surface area contributed by atoms with Crippen molar-refractivity contribution in [3.63, 3.8) is 0 Å². The quantitative estimate of drug-likeness (QED) is 0.845. The van der Waals surface area contributed by atoms with Crippen LogP contribution in [-0.4, -0.2) is 29.2 Å². The number of nitrogens with zero attached hydrogens (tertiary/aromatic N) is 1. The molecule has 1 aromatic carbocycles. The third-order valence-corrected chi connectivity index (χ3v) is 3.52. The number of hydrogen-bond donors (Lipinski definition) is 1. The van der Waals surface area contributed by atoms with E-state index in [1.807, 2.05) is 18.2 Å². The molecule has 1 fully saturated rings. The van der Waals surface area contributed by atoms with E-state index in [1.54, 1.807) is 11.8 Å². The Morgan fingerprint density at radius 1 is 1.26 bits per heavy atom. The Morgan fingerprint density at radius 2 is 1.89 bits per heavy atom. The first kappa shape index (κ1) is 15.8. The molecule has 1 atom stereocenters. The van der Waals surface area contributed by atoms with E-state index in [2.05, 4.69) is 24.8 Å². The standard InChI is InChI=1S/C8H13NO2.C7H8S/c1-6(10)8-4-3-5-9(8)7(2)11;8-6-7-4-2-1-3-5-7/h8H,3-5H2,1-2H3;1-5,8H,6H2. The Kier molecular flexibility index (Phi) is 6.64. The second-order valence-corrected chi connectivity index (χ2v) is 4.94. The third-order valence-electron chi connectivity index (χ3n) is 3.15. The van der Waals surface area contributed by atoms with Gasteiger partial charge < -0.3 is 4.90 Å². The number of amides is 1. The van der Waals surface area contributed by atoms with E-state index in [4.69, 9.17) is 0 Å². The average Bonchev–Trinajstić information content (AvgIpc) is 2.90. The van der Waals surface area contributed by atoms with Gasteiger partial charge in [-0.25, -0.2) is 0 Å². The van der Waals surface area contributed by atoms with Crippen molar-refractivity contribution in [3.8, 4) is 0 Å². The Morgan fingerprint density at radius 3 is 2.26 bits per heavy atom. The molecule has 0 bridgehead atoms. The molecule has 0 spiro atoms. The summed E-state index contributed by atoms with van der Waals surface area (Å²) in [5.41, 5.74) is 1.27. The first-order valence-corrected chi connectivity index (χ1v) is 7.12. The van der Waals surface area contributed by atoms with Crippen LogP contribution in [0.3, 0.4) is 0 Å². The van der Waals surface area contributed by atoms with Gasteiger partial charge in [0, 0.05) is 19.2 Å². The number of hydrogen-bond acceptors (Lipinski definition) is 3. The van der Waals surface area contributed by atoms with Crippen molar-refractivity contribution in [2.75, 3.05) is 6.54 Å². The van der Waals surface area contributed by atoms with Gasteiger partial charge in [0.15, 0.2) is 5.78 Å². The number of carbonyl (C=O) groups excluding carboxylic acids is 2. The van der Waals surface area contributed by atoms with E-state index < -0.39 is 0 Å². The van der Waals surface area contributed by atoms with Gasteiger partial charge in [-0.15, -0.1) is 0 Å². The molecule has 3 nitrogen and oxygen atoms in total. The monoisotopic (exact) mass is 279 g/mol. The van der Waals surface area contributed by atoms with Gasteiger partial charge in [-0.05, 0) is 25.3 Å². The molecule has 4 heteroatoms. The molecule has 0 aliphatic carbocycles. The van der Waals surface area contributed by atoms with Gasteiger partial charge in [-0.3, -0.25) is 9.59 Å². The minimum Gasteiger partial charge on any atom is -0.333 e. The largest absolute Gasteiger partial charge is 0.333 e. The van der Waals surface area contributed by atoms with E-state index in [-0.39, 0.29) is 17.7 Å². The highest BCUT2D eigenvalue weighted by Gasteiger charge is 2.29. The molecule has 0 saturated carbocycles. The minimum absolute atomic E-state index is 0.0164. The average molecular weight is 279 g/mol. The maximum Gasteiger partial charge on any atom is 0.220 e. The summed E-state index contributed by atoms with van der Waals surface area (Å²) in [4.78, 5) is 23.6. The fraction of sp³-hybridized carbons (Fsp3) is 0.467. The molecule has 0 radical (unpaired) electrons. The fourth-order valence-corrected chi connectivity index (χ4v) is 2.36. The number of benzene rings is 1. The van der Waals surface area contributed by atoms with Crippen molar-refractivity contribution in [2.24, 2.45) is 0 Å². The van der Waals surface area contributed by atoms with Crippen molar-refractivity contribution in [2.45, 2.75) is 38.5 Å². The van der Waals surface area contributed by atoms with Gasteiger partial charge in [0.1, 0.15) is 0 Å². The number of likely N-dealkylation sites (tertiary alicyclic amines) is 1. The van der Waals surface area contributed by atoms with Gasteiger partial charge in [-0.2, -0.15) is 12.6 Å². The molecule has 1 heterocycles. The summed E-state index contributed by atoms with van der Waals surface area (Å²) in [7, 11) is 0. The van der Waals surface area contributed by atoms with Crippen molar-refractivity contribution in [1.29, 1.82) is 0 Å². The molecular formula is C15H21NO2S. The Bertz CT molecular complexity index is 399. The van der Waals surface area contributed by atoms with Crippen LogP contribution in [0.25, 0.3) is 0 Å². The summed E-state index contributed by atoms with van der Waals surface area (Å²) < 4.78 is 0. The van der Waals surface area contributed by atoms with Crippen molar-refractivity contribution in [1.82, 2.24) is 4.90 Å². The summed E-state index contributed by atoms with van der Waals surface area (Å²) in [6, 6.07) is 10.0. The lowest BCUT2D eigenvalue weighted by Gasteiger charge is -2.20. The molecule has 1 unspecified atom stereocenters. The van der Waals surface area contributed by atoms with Gasteiger partial charge >= 0.3 is 0 Å². The Balaban J connectivity index is 0.000000200. The van der Waals surface area contributed by atoms with Crippen LogP contribution in [0.1, 0.15) is 32.3 Å². The second-order valence-electron chi connectivity index (χ2n) is 4.62. The Labute approximate surface area is 120 Å². The van der Waals surface area contributed by atoms with Crippen LogP contribution < -0.4 is 0 Å². The number of Topliss-reactive ketones (excluding diaryl/α,β-unsaturated/α-hetero) is 1. The molecule has 1 saturated heterocycles. The normalized spacial score (nSPS) is 17.6. The zero-order chi connectivity index (χ0) is 14.3. The number of ketones is 1.